The number of fused-ring (bicyclic) bond motifs is 1. The van der Waals surface area contributed by atoms with Crippen molar-refractivity contribution >= 4 is 11.8 Å². The van der Waals surface area contributed by atoms with Crippen molar-refractivity contribution in [1.29, 1.82) is 0 Å². The van der Waals surface area contributed by atoms with Crippen LogP contribution in [0.15, 0.2) is 24.4 Å². The van der Waals surface area contributed by atoms with Crippen molar-refractivity contribution in [3.05, 3.63) is 47.0 Å². The second-order valence-corrected chi connectivity index (χ2v) is 5.57. The molecule has 8 heteroatoms. The molecular formula is C17H18N4O4. The van der Waals surface area contributed by atoms with Crippen LogP contribution in [0.2, 0.25) is 0 Å². The third-order valence-electron chi connectivity index (χ3n) is 4.09. The molecule has 0 fully saturated rings. The van der Waals surface area contributed by atoms with Gasteiger partial charge in [0.25, 0.3) is 11.8 Å². The first-order chi connectivity index (χ1) is 12.0. The SMILES string of the molecule is COc1ccc(C(=O)N2CCc3cnc(C(N)=O)nc3C2)c(OC)c1. The Hall–Kier alpha value is -3.16. The zero-order valence-corrected chi connectivity index (χ0v) is 14.0. The van der Waals surface area contributed by atoms with Gasteiger partial charge in [0.05, 0.1) is 32.0 Å². The number of hydrogen-bond acceptors (Lipinski definition) is 6. The normalized spacial score (nSPS) is 13.1. The summed E-state index contributed by atoms with van der Waals surface area (Å²) < 4.78 is 10.5. The van der Waals surface area contributed by atoms with Gasteiger partial charge in [-0.25, -0.2) is 9.97 Å². The van der Waals surface area contributed by atoms with Gasteiger partial charge < -0.3 is 20.1 Å². The molecule has 130 valence electrons. The van der Waals surface area contributed by atoms with Gasteiger partial charge in [-0.2, -0.15) is 0 Å². The van der Waals surface area contributed by atoms with Crippen molar-refractivity contribution < 1.29 is 19.1 Å². The highest BCUT2D eigenvalue weighted by Crippen LogP contribution is 2.27. The Morgan fingerprint density at radius 2 is 2.04 bits per heavy atom. The van der Waals surface area contributed by atoms with E-state index in [2.05, 4.69) is 9.97 Å². The lowest BCUT2D eigenvalue weighted by atomic mass is 10.0. The van der Waals surface area contributed by atoms with E-state index in [1.807, 2.05) is 0 Å². The van der Waals surface area contributed by atoms with Crippen LogP contribution in [0.1, 0.15) is 32.2 Å². The summed E-state index contributed by atoms with van der Waals surface area (Å²) in [5, 5.41) is 0. The molecule has 1 aromatic carbocycles. The molecule has 1 aliphatic heterocycles. The maximum Gasteiger partial charge on any atom is 0.286 e. The second kappa shape index (κ2) is 6.76. The lowest BCUT2D eigenvalue weighted by Gasteiger charge is -2.28. The summed E-state index contributed by atoms with van der Waals surface area (Å²) in [7, 11) is 3.05. The van der Waals surface area contributed by atoms with Crippen molar-refractivity contribution in [3.8, 4) is 11.5 Å². The molecule has 2 heterocycles. The van der Waals surface area contributed by atoms with Crippen LogP contribution < -0.4 is 15.2 Å². The Balaban J connectivity index is 1.87. The Labute approximate surface area is 144 Å². The molecule has 0 saturated heterocycles. The number of methoxy groups -OCH3 is 2. The molecule has 1 aliphatic rings. The van der Waals surface area contributed by atoms with Crippen LogP contribution >= 0.6 is 0 Å². The molecule has 0 saturated carbocycles. The van der Waals surface area contributed by atoms with Crippen molar-refractivity contribution in [1.82, 2.24) is 14.9 Å². The minimum Gasteiger partial charge on any atom is -0.497 e. The van der Waals surface area contributed by atoms with Gasteiger partial charge in [-0.05, 0) is 24.1 Å². The fourth-order valence-electron chi connectivity index (χ4n) is 2.74. The van der Waals surface area contributed by atoms with Crippen LogP contribution in [0.4, 0.5) is 0 Å². The number of nitrogens with two attached hydrogens (primary N) is 1. The Bertz CT molecular complexity index is 837. The number of amides is 2. The van der Waals surface area contributed by atoms with Gasteiger partial charge in [0.1, 0.15) is 11.5 Å². The first-order valence-corrected chi connectivity index (χ1v) is 7.69. The first-order valence-electron chi connectivity index (χ1n) is 7.69. The monoisotopic (exact) mass is 342 g/mol. The fraction of sp³-hybridized carbons (Fsp3) is 0.294. The molecule has 2 aromatic rings. The highest BCUT2D eigenvalue weighted by molar-refractivity contribution is 5.97. The van der Waals surface area contributed by atoms with Crippen molar-refractivity contribution in [2.45, 2.75) is 13.0 Å². The van der Waals surface area contributed by atoms with Gasteiger partial charge in [-0.1, -0.05) is 0 Å². The fourth-order valence-corrected chi connectivity index (χ4v) is 2.74. The van der Waals surface area contributed by atoms with Gasteiger partial charge in [0.15, 0.2) is 0 Å². The summed E-state index contributed by atoms with van der Waals surface area (Å²) in [6.45, 7) is 0.812. The van der Waals surface area contributed by atoms with E-state index in [4.69, 9.17) is 15.2 Å². The van der Waals surface area contributed by atoms with Crippen molar-refractivity contribution in [2.75, 3.05) is 20.8 Å². The standard InChI is InChI=1S/C17H18N4O4/c1-24-11-3-4-12(14(7-11)25-2)17(23)21-6-5-10-8-19-16(15(18)22)20-13(10)9-21/h3-4,7-8H,5-6,9H2,1-2H3,(H2,18,22). The van der Waals surface area contributed by atoms with Crippen LogP contribution in [0.3, 0.4) is 0 Å². The molecule has 1 aromatic heterocycles. The third-order valence-corrected chi connectivity index (χ3v) is 4.09. The zero-order chi connectivity index (χ0) is 18.0. The van der Waals surface area contributed by atoms with E-state index in [0.717, 1.165) is 5.56 Å². The van der Waals surface area contributed by atoms with Gasteiger partial charge >= 0.3 is 0 Å². The number of benzene rings is 1. The molecule has 2 amide bonds. The average Bonchev–Trinajstić information content (AvgIpc) is 2.65. The van der Waals surface area contributed by atoms with E-state index in [0.29, 0.717) is 35.7 Å². The molecule has 0 unspecified atom stereocenters. The zero-order valence-electron chi connectivity index (χ0n) is 14.0. The molecule has 2 N–H and O–H groups in total. The number of carbonyl (C=O) groups is 2. The van der Waals surface area contributed by atoms with Crippen molar-refractivity contribution in [2.24, 2.45) is 5.73 Å². The highest BCUT2D eigenvalue weighted by atomic mass is 16.5. The average molecular weight is 342 g/mol. The predicted molar refractivity (Wildman–Crippen MR) is 88.5 cm³/mol. The highest BCUT2D eigenvalue weighted by Gasteiger charge is 2.26. The molecule has 25 heavy (non-hydrogen) atoms. The summed E-state index contributed by atoms with van der Waals surface area (Å²) in [4.78, 5) is 33.9. The molecule has 0 spiro atoms. The van der Waals surface area contributed by atoms with Crippen LogP contribution in [0.5, 0.6) is 11.5 Å². The largest absolute Gasteiger partial charge is 0.497 e. The summed E-state index contributed by atoms with van der Waals surface area (Å²) in [6, 6.07) is 5.05. The number of nitrogens with zero attached hydrogens (tertiary/aromatic N) is 3. The summed E-state index contributed by atoms with van der Waals surface area (Å²) in [5.41, 5.74) is 7.21. The van der Waals surface area contributed by atoms with E-state index in [1.165, 1.54) is 7.11 Å². The molecule has 0 aliphatic carbocycles. The van der Waals surface area contributed by atoms with Crippen LogP contribution in [0.25, 0.3) is 0 Å². The predicted octanol–water partition coefficient (Wildman–Crippen LogP) is 0.791. The van der Waals surface area contributed by atoms with Gasteiger partial charge in [-0.3, -0.25) is 9.59 Å². The molecule has 0 radical (unpaired) electrons. The van der Waals surface area contributed by atoms with E-state index in [-0.39, 0.29) is 18.3 Å². The maximum absolute atomic E-state index is 12.9. The quantitative estimate of drug-likeness (QED) is 0.880. The smallest absolute Gasteiger partial charge is 0.286 e. The second-order valence-electron chi connectivity index (χ2n) is 5.57. The van der Waals surface area contributed by atoms with E-state index in [9.17, 15) is 9.59 Å². The Kier molecular flexibility index (Phi) is 4.51. The number of ether oxygens (including phenoxy) is 2. The molecule has 0 atom stereocenters. The molecular weight excluding hydrogens is 324 g/mol. The molecule has 8 nitrogen and oxygen atoms in total. The van der Waals surface area contributed by atoms with Gasteiger partial charge in [0.2, 0.25) is 5.82 Å². The van der Waals surface area contributed by atoms with E-state index >= 15 is 0 Å². The summed E-state index contributed by atoms with van der Waals surface area (Å²) in [5.74, 6) is 0.134. The third kappa shape index (κ3) is 3.23. The number of rotatable bonds is 4. The Morgan fingerprint density at radius 3 is 2.72 bits per heavy atom. The van der Waals surface area contributed by atoms with Crippen molar-refractivity contribution in [3.63, 3.8) is 0 Å². The number of hydrogen-bond donors (Lipinski definition) is 1. The Morgan fingerprint density at radius 1 is 1.24 bits per heavy atom. The van der Waals surface area contributed by atoms with Crippen LogP contribution in [0, 0.1) is 0 Å². The van der Waals surface area contributed by atoms with E-state index in [1.54, 1.807) is 36.4 Å². The molecule has 0 bridgehead atoms. The van der Waals surface area contributed by atoms with E-state index < -0.39 is 5.91 Å². The lowest BCUT2D eigenvalue weighted by Crippen LogP contribution is -2.37. The van der Waals surface area contributed by atoms with Gasteiger partial charge in [0, 0.05) is 18.8 Å². The first kappa shape index (κ1) is 16.7. The number of primary amides is 1. The minimum atomic E-state index is -0.692. The molecule has 3 rings (SSSR count). The van der Waals surface area contributed by atoms with Crippen LogP contribution in [-0.4, -0.2) is 47.4 Å². The minimum absolute atomic E-state index is 0.0462. The lowest BCUT2D eigenvalue weighted by molar-refractivity contribution is 0.0728. The number of carbonyl (C=O) groups excluding carboxylic acids is 2. The number of aromatic nitrogens is 2. The van der Waals surface area contributed by atoms with Gasteiger partial charge in [-0.15, -0.1) is 0 Å². The summed E-state index contributed by atoms with van der Waals surface area (Å²) in [6.07, 6.45) is 2.21. The maximum atomic E-state index is 12.9. The summed E-state index contributed by atoms with van der Waals surface area (Å²) >= 11 is 0. The topological polar surface area (TPSA) is 108 Å². The van der Waals surface area contributed by atoms with Crippen LogP contribution in [-0.2, 0) is 13.0 Å².